The number of aromatic nitrogens is 1. The maximum absolute atomic E-state index is 12.1. The highest BCUT2D eigenvalue weighted by molar-refractivity contribution is 5.91. The molecule has 2 amide bonds. The lowest BCUT2D eigenvalue weighted by Crippen LogP contribution is -2.50. The first-order valence-corrected chi connectivity index (χ1v) is 8.75. The van der Waals surface area contributed by atoms with E-state index in [4.69, 9.17) is 9.26 Å². The van der Waals surface area contributed by atoms with Crippen molar-refractivity contribution in [2.75, 3.05) is 44.6 Å². The number of amides is 2. The zero-order valence-corrected chi connectivity index (χ0v) is 15.4. The number of rotatable bonds is 6. The van der Waals surface area contributed by atoms with Gasteiger partial charge in [0, 0.05) is 32.2 Å². The second kappa shape index (κ2) is 8.84. The van der Waals surface area contributed by atoms with Gasteiger partial charge in [0.1, 0.15) is 0 Å². The van der Waals surface area contributed by atoms with Gasteiger partial charge in [0.05, 0.1) is 18.8 Å². The monoisotopic (exact) mass is 352 g/mol. The van der Waals surface area contributed by atoms with Crippen LogP contribution < -0.4 is 5.32 Å². The van der Waals surface area contributed by atoms with Crippen LogP contribution in [0.5, 0.6) is 0 Å². The minimum atomic E-state index is -0.277. The third-order valence-corrected chi connectivity index (χ3v) is 3.92. The molecular weight excluding hydrogens is 324 g/mol. The first kappa shape index (κ1) is 19.2. The Morgan fingerprint density at radius 3 is 2.48 bits per heavy atom. The van der Waals surface area contributed by atoms with Gasteiger partial charge in [-0.15, -0.1) is 0 Å². The summed E-state index contributed by atoms with van der Waals surface area (Å²) in [5.41, 5.74) is 0.809. The minimum absolute atomic E-state index is 0.151. The average Bonchev–Trinajstić information content (AvgIpc) is 3.02. The van der Waals surface area contributed by atoms with Crippen molar-refractivity contribution in [2.24, 2.45) is 5.92 Å². The number of anilines is 1. The van der Waals surface area contributed by atoms with Crippen molar-refractivity contribution in [3.05, 3.63) is 11.8 Å². The van der Waals surface area contributed by atoms with Crippen molar-refractivity contribution in [2.45, 2.75) is 33.6 Å². The Hall–Kier alpha value is -2.09. The third kappa shape index (κ3) is 6.04. The van der Waals surface area contributed by atoms with E-state index in [9.17, 15) is 9.59 Å². The van der Waals surface area contributed by atoms with E-state index in [0.29, 0.717) is 44.6 Å². The fourth-order valence-corrected chi connectivity index (χ4v) is 2.42. The Bertz CT molecular complexity index is 577. The van der Waals surface area contributed by atoms with Crippen LogP contribution in [0.1, 0.15) is 39.3 Å². The summed E-state index contributed by atoms with van der Waals surface area (Å²) in [4.78, 5) is 27.7. The van der Waals surface area contributed by atoms with Crippen LogP contribution in [0.3, 0.4) is 0 Å². The lowest BCUT2D eigenvalue weighted by Gasteiger charge is -2.33. The van der Waals surface area contributed by atoms with Gasteiger partial charge < -0.3 is 14.2 Å². The van der Waals surface area contributed by atoms with Crippen molar-refractivity contribution in [3.63, 3.8) is 0 Å². The van der Waals surface area contributed by atoms with Crippen LogP contribution in [0.4, 0.5) is 10.7 Å². The van der Waals surface area contributed by atoms with E-state index >= 15 is 0 Å². The van der Waals surface area contributed by atoms with E-state index in [-0.39, 0.29) is 24.5 Å². The molecule has 8 nitrogen and oxygen atoms in total. The molecule has 0 atom stereocenters. The molecule has 1 fully saturated rings. The van der Waals surface area contributed by atoms with Crippen LogP contribution in [-0.4, -0.2) is 66.3 Å². The smallest absolute Gasteiger partial charge is 0.409 e. The van der Waals surface area contributed by atoms with E-state index in [1.807, 2.05) is 32.6 Å². The van der Waals surface area contributed by atoms with Gasteiger partial charge in [-0.1, -0.05) is 32.9 Å². The number of hydrogen-bond acceptors (Lipinski definition) is 6. The first-order chi connectivity index (χ1) is 11.8. The first-order valence-electron chi connectivity index (χ1n) is 8.75. The zero-order valence-electron chi connectivity index (χ0n) is 15.4. The molecule has 0 bridgehead atoms. The van der Waals surface area contributed by atoms with E-state index in [1.54, 1.807) is 11.0 Å². The maximum Gasteiger partial charge on any atom is 0.409 e. The Morgan fingerprint density at radius 1 is 1.24 bits per heavy atom. The number of ether oxygens (including phenoxy) is 1. The number of piperazine rings is 1. The molecule has 0 saturated carbocycles. The summed E-state index contributed by atoms with van der Waals surface area (Å²) >= 11 is 0. The highest BCUT2D eigenvalue weighted by Crippen LogP contribution is 2.17. The van der Waals surface area contributed by atoms with Gasteiger partial charge in [0.25, 0.3) is 0 Å². The molecular formula is C17H28N4O4. The van der Waals surface area contributed by atoms with Gasteiger partial charge in [-0.05, 0) is 11.8 Å². The Kier molecular flexibility index (Phi) is 6.81. The van der Waals surface area contributed by atoms with Crippen LogP contribution in [0.2, 0.25) is 0 Å². The molecule has 1 aliphatic rings. The summed E-state index contributed by atoms with van der Waals surface area (Å²) in [5.74, 6) is 0.783. The molecule has 1 N–H and O–H groups in total. The molecule has 1 aromatic rings. The largest absolute Gasteiger partial charge is 0.449 e. The minimum Gasteiger partial charge on any atom is -0.449 e. The summed E-state index contributed by atoms with van der Waals surface area (Å²) in [5, 5.41) is 6.63. The average molecular weight is 352 g/mol. The van der Waals surface area contributed by atoms with Gasteiger partial charge in [0.15, 0.2) is 0 Å². The molecule has 25 heavy (non-hydrogen) atoms. The van der Waals surface area contributed by atoms with E-state index < -0.39 is 0 Å². The molecule has 0 aromatic carbocycles. The molecule has 0 aliphatic carbocycles. The number of nitrogens with zero attached hydrogens (tertiary/aromatic N) is 3. The number of nitrogens with one attached hydrogen (secondary N) is 1. The van der Waals surface area contributed by atoms with E-state index in [2.05, 4.69) is 10.5 Å². The summed E-state index contributed by atoms with van der Waals surface area (Å²) in [7, 11) is 0. The highest BCUT2D eigenvalue weighted by Gasteiger charge is 2.23. The molecule has 1 saturated heterocycles. The summed E-state index contributed by atoms with van der Waals surface area (Å²) < 4.78 is 10.3. The fraction of sp³-hybridized carbons (Fsp3) is 0.706. The van der Waals surface area contributed by atoms with Crippen LogP contribution in [0.15, 0.2) is 10.6 Å². The predicted octanol–water partition coefficient (Wildman–Crippen LogP) is 2.15. The number of hydrogen-bond donors (Lipinski definition) is 1. The Labute approximate surface area is 148 Å². The maximum atomic E-state index is 12.1. The molecule has 0 unspecified atom stereocenters. The second-order valence-electron chi connectivity index (χ2n) is 7.05. The molecule has 0 spiro atoms. The van der Waals surface area contributed by atoms with Crippen molar-refractivity contribution in [1.82, 2.24) is 15.0 Å². The van der Waals surface area contributed by atoms with E-state index in [0.717, 1.165) is 5.69 Å². The van der Waals surface area contributed by atoms with Crippen molar-refractivity contribution in [3.8, 4) is 0 Å². The lowest BCUT2D eigenvalue weighted by atomic mass is 10.1. The molecule has 2 heterocycles. The summed E-state index contributed by atoms with van der Waals surface area (Å²) in [6, 6.07) is 1.74. The Balaban J connectivity index is 1.72. The van der Waals surface area contributed by atoms with Crippen LogP contribution >= 0.6 is 0 Å². The standard InChI is InChI=1S/C17H28N4O4/c1-12(2)11-24-17(23)21-7-5-20(6-8-21)10-15(22)18-16-9-14(13(3)4)19-25-16/h9,12-13H,5-8,10-11H2,1-4H3,(H,18,22). The van der Waals surface area contributed by atoms with Gasteiger partial charge in [-0.3, -0.25) is 15.0 Å². The molecule has 0 radical (unpaired) electrons. The second-order valence-corrected chi connectivity index (χ2v) is 7.05. The van der Waals surface area contributed by atoms with Crippen LogP contribution in [0.25, 0.3) is 0 Å². The normalized spacial score (nSPS) is 15.7. The highest BCUT2D eigenvalue weighted by atomic mass is 16.6. The third-order valence-electron chi connectivity index (χ3n) is 3.92. The topological polar surface area (TPSA) is 87.9 Å². The van der Waals surface area contributed by atoms with Gasteiger partial charge in [-0.2, -0.15) is 0 Å². The van der Waals surface area contributed by atoms with Gasteiger partial charge in [-0.25, -0.2) is 4.79 Å². The lowest BCUT2D eigenvalue weighted by molar-refractivity contribution is -0.117. The van der Waals surface area contributed by atoms with E-state index in [1.165, 1.54) is 0 Å². The molecule has 140 valence electrons. The fourth-order valence-electron chi connectivity index (χ4n) is 2.42. The molecule has 8 heteroatoms. The molecule has 1 aliphatic heterocycles. The molecule has 2 rings (SSSR count). The zero-order chi connectivity index (χ0) is 18.4. The Morgan fingerprint density at radius 2 is 1.92 bits per heavy atom. The van der Waals surface area contributed by atoms with Crippen molar-refractivity contribution in [1.29, 1.82) is 0 Å². The summed E-state index contributed by atoms with van der Waals surface area (Å²) in [6.07, 6.45) is -0.277. The van der Waals surface area contributed by atoms with Crippen LogP contribution in [-0.2, 0) is 9.53 Å². The van der Waals surface area contributed by atoms with Gasteiger partial charge >= 0.3 is 6.09 Å². The van der Waals surface area contributed by atoms with Gasteiger partial charge in [0.2, 0.25) is 11.8 Å². The van der Waals surface area contributed by atoms with Crippen LogP contribution in [0, 0.1) is 5.92 Å². The quantitative estimate of drug-likeness (QED) is 0.844. The molecule has 1 aromatic heterocycles. The SMILES string of the molecule is CC(C)COC(=O)N1CCN(CC(=O)Nc2cc(C(C)C)no2)CC1. The number of carbonyl (C=O) groups is 2. The number of carbonyl (C=O) groups excluding carboxylic acids is 2. The predicted molar refractivity (Wildman–Crippen MR) is 93.4 cm³/mol. The van der Waals surface area contributed by atoms with Crippen molar-refractivity contribution < 1.29 is 18.8 Å². The summed E-state index contributed by atoms with van der Waals surface area (Å²) in [6.45, 7) is 11.1. The van der Waals surface area contributed by atoms with Crippen molar-refractivity contribution >= 4 is 17.9 Å².